The van der Waals surface area contributed by atoms with E-state index in [9.17, 15) is 19.7 Å². The highest BCUT2D eigenvalue weighted by atomic mass is 16.6. The molecule has 0 saturated carbocycles. The van der Waals surface area contributed by atoms with Crippen LogP contribution in [0.3, 0.4) is 0 Å². The van der Waals surface area contributed by atoms with Crippen molar-refractivity contribution >= 4 is 23.3 Å². The smallest absolute Gasteiger partial charge is 0.417 e. The van der Waals surface area contributed by atoms with Gasteiger partial charge in [-0.15, -0.1) is 0 Å². The van der Waals surface area contributed by atoms with E-state index in [1.807, 2.05) is 0 Å². The van der Waals surface area contributed by atoms with Crippen molar-refractivity contribution in [1.29, 1.82) is 0 Å². The minimum absolute atomic E-state index is 0.0764. The van der Waals surface area contributed by atoms with Gasteiger partial charge in [0.1, 0.15) is 28.9 Å². The Hall–Kier alpha value is -4.80. The quantitative estimate of drug-likeness (QED) is 0.358. The average Bonchev–Trinajstić information content (AvgIpc) is 2.88. The fourth-order valence-corrected chi connectivity index (χ4v) is 3.81. The second kappa shape index (κ2) is 10.2. The number of amides is 1. The molecule has 0 fully saturated rings. The summed E-state index contributed by atoms with van der Waals surface area (Å²) < 4.78 is 27.1. The molecule has 3 aromatic rings. The van der Waals surface area contributed by atoms with Gasteiger partial charge in [0.2, 0.25) is 0 Å². The van der Waals surface area contributed by atoms with Crippen LogP contribution in [0.4, 0.5) is 16.2 Å². The zero-order chi connectivity index (χ0) is 25.8. The Morgan fingerprint density at radius 1 is 1.03 bits per heavy atom. The van der Waals surface area contributed by atoms with E-state index in [1.54, 1.807) is 42.5 Å². The van der Waals surface area contributed by atoms with Gasteiger partial charge in [-0.25, -0.2) is 4.79 Å². The van der Waals surface area contributed by atoms with Crippen LogP contribution in [0.2, 0.25) is 0 Å². The van der Waals surface area contributed by atoms with Gasteiger partial charge in [0.15, 0.2) is 11.5 Å². The molecule has 4 rings (SSSR count). The molecule has 0 radical (unpaired) electrons. The van der Waals surface area contributed by atoms with E-state index in [4.69, 9.17) is 23.7 Å². The number of nitro benzene ring substituents is 1. The zero-order valence-corrected chi connectivity index (χ0v) is 19.6. The van der Waals surface area contributed by atoms with Gasteiger partial charge < -0.3 is 23.7 Å². The van der Waals surface area contributed by atoms with Gasteiger partial charge in [0, 0.05) is 29.4 Å². The summed E-state index contributed by atoms with van der Waals surface area (Å²) in [6.45, 7) is 0. The fraction of sp³-hybridized carbons (Fsp3) is 0.200. The molecule has 0 spiro atoms. The third-order valence-corrected chi connectivity index (χ3v) is 5.47. The van der Waals surface area contributed by atoms with Crippen molar-refractivity contribution in [2.24, 2.45) is 0 Å². The number of fused-ring (bicyclic) bond motifs is 1. The van der Waals surface area contributed by atoms with E-state index in [0.717, 1.165) is 0 Å². The number of nitrogens with one attached hydrogen (secondary N) is 1. The first-order valence-corrected chi connectivity index (χ1v) is 10.7. The lowest BCUT2D eigenvalue weighted by atomic mass is 9.95. The predicted molar refractivity (Wildman–Crippen MR) is 128 cm³/mol. The highest BCUT2D eigenvalue weighted by molar-refractivity contribution is 6.03. The zero-order valence-electron chi connectivity index (χ0n) is 19.6. The van der Waals surface area contributed by atoms with E-state index in [0.29, 0.717) is 17.2 Å². The Morgan fingerprint density at radius 2 is 1.75 bits per heavy atom. The second-order valence-corrected chi connectivity index (χ2v) is 7.65. The number of carbonyl (C=O) groups excluding carboxylic acids is 2. The van der Waals surface area contributed by atoms with Crippen molar-refractivity contribution in [2.75, 3.05) is 26.6 Å². The van der Waals surface area contributed by atoms with Gasteiger partial charge in [-0.2, -0.15) is 0 Å². The van der Waals surface area contributed by atoms with Crippen LogP contribution in [0.1, 0.15) is 28.4 Å². The van der Waals surface area contributed by atoms with Crippen molar-refractivity contribution < 1.29 is 38.2 Å². The van der Waals surface area contributed by atoms with Gasteiger partial charge in [-0.1, -0.05) is 18.2 Å². The molecule has 11 heteroatoms. The third-order valence-electron chi connectivity index (χ3n) is 5.47. The molecule has 0 bridgehead atoms. The average molecular weight is 494 g/mol. The number of ketones is 1. The number of rotatable bonds is 7. The molecule has 0 aliphatic carbocycles. The fourth-order valence-electron chi connectivity index (χ4n) is 3.81. The van der Waals surface area contributed by atoms with Crippen LogP contribution in [0, 0.1) is 10.1 Å². The molecule has 36 heavy (non-hydrogen) atoms. The maximum Gasteiger partial charge on any atom is 0.417 e. The summed E-state index contributed by atoms with van der Waals surface area (Å²) in [6, 6.07) is 14.2. The number of para-hydroxylation sites is 1. The van der Waals surface area contributed by atoms with Crippen molar-refractivity contribution in [1.82, 2.24) is 0 Å². The van der Waals surface area contributed by atoms with Crippen molar-refractivity contribution in [3.05, 3.63) is 75.8 Å². The van der Waals surface area contributed by atoms with E-state index >= 15 is 0 Å². The molecule has 1 aliphatic rings. The monoisotopic (exact) mass is 494 g/mol. The minimum atomic E-state index is -0.937. The van der Waals surface area contributed by atoms with Crippen molar-refractivity contribution in [3.8, 4) is 28.7 Å². The van der Waals surface area contributed by atoms with Crippen molar-refractivity contribution in [3.63, 3.8) is 0 Å². The highest BCUT2D eigenvalue weighted by Gasteiger charge is 2.34. The van der Waals surface area contributed by atoms with E-state index in [1.165, 1.54) is 33.5 Å². The number of carbonyl (C=O) groups is 2. The molecular weight excluding hydrogens is 472 g/mol. The van der Waals surface area contributed by atoms with Crippen LogP contribution >= 0.6 is 0 Å². The Balaban J connectivity index is 1.68. The number of anilines is 1. The summed E-state index contributed by atoms with van der Waals surface area (Å²) in [6.07, 6.45) is -1.92. The summed E-state index contributed by atoms with van der Waals surface area (Å²) in [5.74, 6) is 0.194. The first-order valence-electron chi connectivity index (χ1n) is 10.7. The predicted octanol–water partition coefficient (Wildman–Crippen LogP) is 4.94. The lowest BCUT2D eigenvalue weighted by Gasteiger charge is -2.27. The maximum absolute atomic E-state index is 13.0. The number of hydrogen-bond acceptors (Lipinski definition) is 9. The summed E-state index contributed by atoms with van der Waals surface area (Å²) in [7, 11) is 4.17. The molecule has 11 nitrogen and oxygen atoms in total. The van der Waals surface area contributed by atoms with Gasteiger partial charge in [0.05, 0.1) is 32.7 Å². The second-order valence-electron chi connectivity index (χ2n) is 7.65. The summed E-state index contributed by atoms with van der Waals surface area (Å²) in [4.78, 5) is 36.6. The SMILES string of the molecule is COc1cc(OC)c2c(c1)OC(c1cc(OC)c(OC(=O)Nc3ccccc3)c([N+](=O)[O-])c1)CC2=O. The first-order chi connectivity index (χ1) is 17.3. The molecule has 0 aromatic heterocycles. The largest absolute Gasteiger partial charge is 0.496 e. The van der Waals surface area contributed by atoms with Crippen LogP contribution in [0.15, 0.2) is 54.6 Å². The topological polar surface area (TPSA) is 135 Å². The van der Waals surface area contributed by atoms with Gasteiger partial charge in [-0.3, -0.25) is 20.2 Å². The van der Waals surface area contributed by atoms with Crippen LogP contribution in [0.5, 0.6) is 28.7 Å². The number of ether oxygens (including phenoxy) is 5. The van der Waals surface area contributed by atoms with Crippen molar-refractivity contribution in [2.45, 2.75) is 12.5 Å². The Bertz CT molecular complexity index is 1320. The standard InChI is InChI=1S/C25H22N2O9/c1-32-16-11-20(33-2)23-18(28)13-19(35-21(23)12-16)14-9-17(27(30)31)24(22(10-14)34-3)36-25(29)26-15-7-5-4-6-8-15/h4-12,19H,13H2,1-3H3,(H,26,29). The number of methoxy groups -OCH3 is 3. The Kier molecular flexibility index (Phi) is 6.91. The first kappa shape index (κ1) is 24.3. The van der Waals surface area contributed by atoms with Crippen LogP contribution in [0.25, 0.3) is 0 Å². The van der Waals surface area contributed by atoms with Gasteiger partial charge >= 0.3 is 11.8 Å². The van der Waals surface area contributed by atoms with Gasteiger partial charge in [0.25, 0.3) is 5.75 Å². The molecule has 186 valence electrons. The summed E-state index contributed by atoms with van der Waals surface area (Å²) >= 11 is 0. The summed E-state index contributed by atoms with van der Waals surface area (Å²) in [5, 5.41) is 14.4. The molecule has 1 N–H and O–H groups in total. The van der Waals surface area contributed by atoms with Crippen LogP contribution < -0.4 is 29.0 Å². The van der Waals surface area contributed by atoms with E-state index in [2.05, 4.69) is 5.32 Å². The Morgan fingerprint density at radius 3 is 2.39 bits per heavy atom. The minimum Gasteiger partial charge on any atom is -0.496 e. The molecule has 1 aliphatic heterocycles. The van der Waals surface area contributed by atoms with E-state index < -0.39 is 22.8 Å². The maximum atomic E-state index is 13.0. The molecular formula is C25H22N2O9. The number of Topliss-reactive ketones (excluding diaryl/α,β-unsaturated/α-hetero) is 1. The van der Waals surface area contributed by atoms with Crippen LogP contribution in [-0.2, 0) is 0 Å². The number of benzene rings is 3. The Labute approximate surface area is 205 Å². The van der Waals surface area contributed by atoms with E-state index in [-0.39, 0.29) is 40.6 Å². The number of nitro groups is 1. The molecule has 1 atom stereocenters. The molecule has 3 aromatic carbocycles. The summed E-state index contributed by atoms with van der Waals surface area (Å²) in [5.41, 5.74) is 0.459. The lowest BCUT2D eigenvalue weighted by Crippen LogP contribution is -2.22. The molecule has 0 saturated heterocycles. The number of hydrogen-bond donors (Lipinski definition) is 1. The molecule has 1 amide bonds. The van der Waals surface area contributed by atoms with Gasteiger partial charge in [-0.05, 0) is 18.2 Å². The number of nitrogens with zero attached hydrogens (tertiary/aromatic N) is 1. The molecule has 1 heterocycles. The van der Waals surface area contributed by atoms with Crippen LogP contribution in [-0.4, -0.2) is 38.1 Å². The lowest BCUT2D eigenvalue weighted by molar-refractivity contribution is -0.385. The molecule has 1 unspecified atom stereocenters. The highest BCUT2D eigenvalue weighted by Crippen LogP contribution is 2.45. The third kappa shape index (κ3) is 4.85. The normalized spacial score (nSPS) is 14.2.